The van der Waals surface area contributed by atoms with E-state index in [0.717, 1.165) is 30.3 Å². The van der Waals surface area contributed by atoms with Crippen LogP contribution in [-0.4, -0.2) is 64.9 Å². The van der Waals surface area contributed by atoms with Gasteiger partial charge in [0.25, 0.3) is 30.4 Å². The molecule has 0 saturated heterocycles. The lowest BCUT2D eigenvalue weighted by molar-refractivity contribution is 0.388. The van der Waals surface area contributed by atoms with Crippen molar-refractivity contribution in [3.8, 4) is 0 Å². The van der Waals surface area contributed by atoms with E-state index in [4.69, 9.17) is 21.8 Å². The van der Waals surface area contributed by atoms with Crippen LogP contribution in [0, 0.1) is 5.41 Å². The van der Waals surface area contributed by atoms with Crippen LogP contribution in [0.15, 0.2) is 87.5 Å². The molecule has 0 bridgehead atoms. The molecule has 0 fully saturated rings. The SMILES string of the molecule is N=C(ONc1ccc(Nc2cc3ccc(S(=O)(=O)O)cc3cc2S(=O)(=O)O)cc1S(=O)(=O)O)c1ccc(CS(=O)(=O)CCCl)cc1. The van der Waals surface area contributed by atoms with Crippen LogP contribution in [0.2, 0.25) is 0 Å². The Labute approximate surface area is 268 Å². The van der Waals surface area contributed by atoms with Gasteiger partial charge in [0.05, 0.1) is 27.8 Å². The summed E-state index contributed by atoms with van der Waals surface area (Å²) in [6, 6.07) is 14.5. The molecule has 0 aliphatic heterocycles. The highest BCUT2D eigenvalue weighted by molar-refractivity contribution is 7.90. The first-order chi connectivity index (χ1) is 21.3. The quantitative estimate of drug-likeness (QED) is 0.0398. The molecular formula is C26H24ClN3O12S4. The number of nitrogens with one attached hydrogen (secondary N) is 3. The van der Waals surface area contributed by atoms with Gasteiger partial charge in [-0.25, -0.2) is 13.9 Å². The largest absolute Gasteiger partial charge is 0.362 e. The topological polar surface area (TPSA) is 254 Å². The summed E-state index contributed by atoms with van der Waals surface area (Å²) in [7, 11) is -17.9. The third-order valence-electron chi connectivity index (χ3n) is 6.28. The van der Waals surface area contributed by atoms with Crippen molar-refractivity contribution in [1.29, 1.82) is 5.41 Å². The molecule has 0 saturated carbocycles. The van der Waals surface area contributed by atoms with E-state index in [1.807, 2.05) is 0 Å². The molecule has 0 aromatic heterocycles. The van der Waals surface area contributed by atoms with Crippen molar-refractivity contribution in [1.82, 2.24) is 0 Å². The average molecular weight is 734 g/mol. The maximum atomic E-state index is 12.2. The number of fused-ring (bicyclic) bond motifs is 1. The molecule has 0 unspecified atom stereocenters. The van der Waals surface area contributed by atoms with Gasteiger partial charge in [0, 0.05) is 17.1 Å². The summed E-state index contributed by atoms with van der Waals surface area (Å²) in [4.78, 5) is 3.16. The molecule has 4 aromatic carbocycles. The van der Waals surface area contributed by atoms with Crippen LogP contribution < -0.4 is 10.8 Å². The Balaban J connectivity index is 1.60. The smallest absolute Gasteiger partial charge is 0.296 e. The third-order valence-corrected chi connectivity index (χ3v) is 10.9. The summed E-state index contributed by atoms with van der Waals surface area (Å²) in [6.45, 7) is 0. The normalized spacial score (nSPS) is 12.5. The number of hydrogen-bond acceptors (Lipinski definition) is 12. The van der Waals surface area contributed by atoms with Gasteiger partial charge in [0.1, 0.15) is 9.79 Å². The first-order valence-corrected chi connectivity index (χ1v) is 19.2. The number of rotatable bonds is 12. The van der Waals surface area contributed by atoms with E-state index in [0.29, 0.717) is 5.56 Å². The zero-order valence-electron chi connectivity index (χ0n) is 23.1. The van der Waals surface area contributed by atoms with Crippen LogP contribution in [0.3, 0.4) is 0 Å². The molecule has 0 atom stereocenters. The highest BCUT2D eigenvalue weighted by Gasteiger charge is 2.22. The van der Waals surface area contributed by atoms with Crippen molar-refractivity contribution in [2.75, 3.05) is 22.4 Å². The van der Waals surface area contributed by atoms with Gasteiger partial charge in [-0.15, -0.1) is 11.6 Å². The summed E-state index contributed by atoms with van der Waals surface area (Å²) in [6.07, 6.45) is 0. The molecule has 46 heavy (non-hydrogen) atoms. The second-order valence-corrected chi connectivity index (χ2v) is 16.4. The second-order valence-electron chi connectivity index (χ2n) is 9.63. The van der Waals surface area contributed by atoms with E-state index in [2.05, 4.69) is 10.8 Å². The molecule has 0 aliphatic carbocycles. The van der Waals surface area contributed by atoms with Crippen molar-refractivity contribution in [3.63, 3.8) is 0 Å². The predicted molar refractivity (Wildman–Crippen MR) is 169 cm³/mol. The number of alkyl halides is 1. The Kier molecular flexibility index (Phi) is 10.00. The van der Waals surface area contributed by atoms with Crippen LogP contribution in [0.4, 0.5) is 17.1 Å². The Hall–Kier alpha value is -3.82. The van der Waals surface area contributed by atoms with Crippen LogP contribution >= 0.6 is 11.6 Å². The molecule has 4 rings (SSSR count). The number of anilines is 3. The second kappa shape index (κ2) is 13.1. The van der Waals surface area contributed by atoms with Gasteiger partial charge in [0.15, 0.2) is 9.84 Å². The fourth-order valence-electron chi connectivity index (χ4n) is 4.14. The number of benzene rings is 4. The molecule has 0 radical (unpaired) electrons. The fraction of sp³-hybridized carbons (Fsp3) is 0.115. The lowest BCUT2D eigenvalue weighted by Gasteiger charge is -2.16. The molecule has 0 spiro atoms. The van der Waals surface area contributed by atoms with Crippen LogP contribution in [-0.2, 0) is 50.8 Å². The highest BCUT2D eigenvalue weighted by Crippen LogP contribution is 2.33. The van der Waals surface area contributed by atoms with Gasteiger partial charge < -0.3 is 10.2 Å². The van der Waals surface area contributed by atoms with E-state index in [1.165, 1.54) is 42.5 Å². The lowest BCUT2D eigenvalue weighted by atomic mass is 10.1. The average Bonchev–Trinajstić information content (AvgIpc) is 2.94. The summed E-state index contributed by atoms with van der Waals surface area (Å²) < 4.78 is 125. The molecule has 246 valence electrons. The maximum Gasteiger partial charge on any atom is 0.296 e. The maximum absolute atomic E-state index is 12.2. The van der Waals surface area contributed by atoms with E-state index in [9.17, 15) is 47.3 Å². The summed E-state index contributed by atoms with van der Waals surface area (Å²) >= 11 is 5.51. The summed E-state index contributed by atoms with van der Waals surface area (Å²) in [5.74, 6) is -1.01. The minimum Gasteiger partial charge on any atom is -0.362 e. The van der Waals surface area contributed by atoms with Gasteiger partial charge in [0.2, 0.25) is 5.90 Å². The zero-order chi connectivity index (χ0) is 34.1. The van der Waals surface area contributed by atoms with E-state index < -0.39 is 60.8 Å². The number of hydrogen-bond donors (Lipinski definition) is 6. The summed E-state index contributed by atoms with van der Waals surface area (Å²) in [5, 5.41) is 11.1. The molecule has 4 aromatic rings. The van der Waals surface area contributed by atoms with E-state index in [1.54, 1.807) is 0 Å². The van der Waals surface area contributed by atoms with Crippen molar-refractivity contribution >= 4 is 85.5 Å². The van der Waals surface area contributed by atoms with Gasteiger partial charge in [-0.05, 0) is 70.9 Å². The molecule has 6 N–H and O–H groups in total. The number of halogens is 1. The van der Waals surface area contributed by atoms with Crippen LogP contribution in [0.25, 0.3) is 10.8 Å². The molecule has 0 aliphatic rings. The van der Waals surface area contributed by atoms with Crippen molar-refractivity contribution < 1.29 is 52.2 Å². The highest BCUT2D eigenvalue weighted by atomic mass is 35.5. The van der Waals surface area contributed by atoms with Crippen LogP contribution in [0.1, 0.15) is 11.1 Å². The zero-order valence-corrected chi connectivity index (χ0v) is 27.1. The van der Waals surface area contributed by atoms with Gasteiger partial charge in [-0.3, -0.25) is 19.1 Å². The minimum absolute atomic E-state index is 0.0251. The third kappa shape index (κ3) is 8.70. The van der Waals surface area contributed by atoms with Crippen molar-refractivity contribution in [2.45, 2.75) is 20.4 Å². The molecule has 20 heteroatoms. The monoisotopic (exact) mass is 733 g/mol. The standard InChI is InChI=1S/C26H24ClN3O12S4/c27-9-10-43(31,32)15-16-1-3-17(4-2-16)26(28)42-30-22-8-6-20(14-25(22)46(39,40)41)29-23-12-18-5-7-21(44(33,34)35)11-19(18)13-24(23)45(36,37)38/h1-8,11-14,28-30H,9-10,15H2,(H,33,34,35)(H,36,37,38)(H,39,40,41). The van der Waals surface area contributed by atoms with Crippen molar-refractivity contribution in [3.05, 3.63) is 83.9 Å². The Morgan fingerprint density at radius 3 is 1.93 bits per heavy atom. The molecule has 0 amide bonds. The van der Waals surface area contributed by atoms with Gasteiger partial charge in [-0.1, -0.05) is 18.2 Å². The Morgan fingerprint density at radius 1 is 0.717 bits per heavy atom. The lowest BCUT2D eigenvalue weighted by Crippen LogP contribution is -2.14. The minimum atomic E-state index is -4.95. The number of sulfone groups is 1. The Bertz CT molecular complexity index is 2280. The Morgan fingerprint density at radius 2 is 1.35 bits per heavy atom. The molecule has 0 heterocycles. The van der Waals surface area contributed by atoms with E-state index in [-0.39, 0.29) is 50.8 Å². The van der Waals surface area contributed by atoms with E-state index >= 15 is 0 Å². The summed E-state index contributed by atoms with van der Waals surface area (Å²) in [5.41, 5.74) is 2.21. The molecular weight excluding hydrogens is 710 g/mol. The van der Waals surface area contributed by atoms with Crippen LogP contribution in [0.5, 0.6) is 0 Å². The van der Waals surface area contributed by atoms with Crippen molar-refractivity contribution in [2.24, 2.45) is 0 Å². The van der Waals surface area contributed by atoms with Gasteiger partial charge in [-0.2, -0.15) is 25.3 Å². The molecule has 15 nitrogen and oxygen atoms in total. The predicted octanol–water partition coefficient (Wildman–Crippen LogP) is 3.85. The first kappa shape index (κ1) is 35.0. The fourth-order valence-corrected chi connectivity index (χ4v) is 7.77. The van der Waals surface area contributed by atoms with Gasteiger partial charge >= 0.3 is 0 Å². The first-order valence-electron chi connectivity index (χ1n) is 12.6.